The van der Waals surface area contributed by atoms with E-state index in [0.717, 1.165) is 18.2 Å². The summed E-state index contributed by atoms with van der Waals surface area (Å²) in [7, 11) is -4.23. The molecule has 0 saturated carbocycles. The molecular formula is C13H11BrF2N2O2S. The van der Waals surface area contributed by atoms with E-state index in [0.29, 0.717) is 4.47 Å². The van der Waals surface area contributed by atoms with Gasteiger partial charge in [-0.2, -0.15) is 0 Å². The van der Waals surface area contributed by atoms with Crippen LogP contribution < -0.4 is 10.5 Å². The van der Waals surface area contributed by atoms with Gasteiger partial charge in [-0.05, 0) is 58.7 Å². The van der Waals surface area contributed by atoms with E-state index in [1.54, 1.807) is 0 Å². The molecule has 0 aliphatic carbocycles. The Labute approximate surface area is 129 Å². The zero-order chi connectivity index (χ0) is 15.8. The van der Waals surface area contributed by atoms with Gasteiger partial charge in [0.15, 0.2) is 0 Å². The summed E-state index contributed by atoms with van der Waals surface area (Å²) in [6, 6.07) is 5.82. The molecule has 0 heterocycles. The van der Waals surface area contributed by atoms with Crippen molar-refractivity contribution in [1.82, 2.24) is 0 Å². The first-order chi connectivity index (χ1) is 9.70. The molecule has 0 saturated heterocycles. The van der Waals surface area contributed by atoms with Crippen molar-refractivity contribution < 1.29 is 17.2 Å². The van der Waals surface area contributed by atoms with E-state index in [2.05, 4.69) is 20.7 Å². The summed E-state index contributed by atoms with van der Waals surface area (Å²) in [5.41, 5.74) is 5.73. The number of sulfonamides is 1. The second kappa shape index (κ2) is 5.61. The Morgan fingerprint density at radius 2 is 1.86 bits per heavy atom. The number of hydrogen-bond donors (Lipinski definition) is 2. The Morgan fingerprint density at radius 1 is 1.19 bits per heavy atom. The van der Waals surface area contributed by atoms with Crippen LogP contribution in [0.1, 0.15) is 5.56 Å². The van der Waals surface area contributed by atoms with Gasteiger partial charge in [0.1, 0.15) is 16.5 Å². The summed E-state index contributed by atoms with van der Waals surface area (Å²) >= 11 is 3.09. The molecular weight excluding hydrogens is 366 g/mol. The molecule has 0 aromatic heterocycles. The standard InChI is InChI=1S/C13H11BrF2N2O2S/c1-7-4-9(17)6-12(13(7)16)21(19,20)18-11-5-8(15)2-3-10(11)14/h2-6,18H,17H2,1H3. The first-order valence-electron chi connectivity index (χ1n) is 5.74. The zero-order valence-corrected chi connectivity index (χ0v) is 13.2. The summed E-state index contributed by atoms with van der Waals surface area (Å²) in [5.74, 6) is -1.52. The van der Waals surface area contributed by atoms with E-state index in [9.17, 15) is 17.2 Å². The maximum Gasteiger partial charge on any atom is 0.264 e. The number of halogens is 3. The molecule has 0 spiro atoms. The number of hydrogen-bond acceptors (Lipinski definition) is 3. The molecule has 112 valence electrons. The number of rotatable bonds is 3. The first kappa shape index (κ1) is 15.7. The molecule has 2 aromatic rings. The van der Waals surface area contributed by atoms with Crippen LogP contribution in [0, 0.1) is 18.6 Å². The second-order valence-electron chi connectivity index (χ2n) is 4.38. The minimum Gasteiger partial charge on any atom is -0.399 e. The van der Waals surface area contributed by atoms with Gasteiger partial charge in [-0.3, -0.25) is 4.72 Å². The van der Waals surface area contributed by atoms with Crippen molar-refractivity contribution in [3.63, 3.8) is 0 Å². The van der Waals surface area contributed by atoms with E-state index < -0.39 is 26.6 Å². The number of benzene rings is 2. The van der Waals surface area contributed by atoms with Gasteiger partial charge in [-0.25, -0.2) is 17.2 Å². The third-order valence-corrected chi connectivity index (χ3v) is 4.76. The van der Waals surface area contributed by atoms with Crippen LogP contribution in [-0.4, -0.2) is 8.42 Å². The van der Waals surface area contributed by atoms with Gasteiger partial charge in [-0.1, -0.05) is 0 Å². The molecule has 0 radical (unpaired) electrons. The highest BCUT2D eigenvalue weighted by atomic mass is 79.9. The maximum absolute atomic E-state index is 14.0. The molecule has 0 unspecified atom stereocenters. The lowest BCUT2D eigenvalue weighted by atomic mass is 10.2. The fraction of sp³-hybridized carbons (Fsp3) is 0.0769. The summed E-state index contributed by atoms with van der Waals surface area (Å²) in [6.07, 6.45) is 0. The third kappa shape index (κ3) is 3.33. The Balaban J connectivity index is 2.51. The van der Waals surface area contributed by atoms with Crippen LogP contribution in [0.2, 0.25) is 0 Å². The number of nitrogen functional groups attached to an aromatic ring is 1. The Bertz CT molecular complexity index is 810. The van der Waals surface area contributed by atoms with Crippen molar-refractivity contribution in [3.05, 3.63) is 52.0 Å². The average molecular weight is 377 g/mol. The Kier molecular flexibility index (Phi) is 4.20. The molecule has 0 aliphatic heterocycles. The van der Waals surface area contributed by atoms with Crippen LogP contribution in [0.3, 0.4) is 0 Å². The molecule has 0 atom stereocenters. The lowest BCUT2D eigenvalue weighted by Crippen LogP contribution is -2.16. The van der Waals surface area contributed by atoms with Crippen molar-refractivity contribution in [2.45, 2.75) is 11.8 Å². The van der Waals surface area contributed by atoms with Gasteiger partial charge >= 0.3 is 0 Å². The van der Waals surface area contributed by atoms with Gasteiger partial charge in [0.25, 0.3) is 10.0 Å². The van der Waals surface area contributed by atoms with E-state index in [4.69, 9.17) is 5.73 Å². The normalized spacial score (nSPS) is 11.4. The van der Waals surface area contributed by atoms with Crippen LogP contribution in [0.25, 0.3) is 0 Å². The molecule has 4 nitrogen and oxygen atoms in total. The fourth-order valence-electron chi connectivity index (χ4n) is 1.74. The summed E-state index contributed by atoms with van der Waals surface area (Å²) < 4.78 is 54.1. The monoisotopic (exact) mass is 376 g/mol. The lowest BCUT2D eigenvalue weighted by molar-refractivity contribution is 0.565. The number of aryl methyl sites for hydroxylation is 1. The van der Waals surface area contributed by atoms with E-state index in [1.165, 1.54) is 19.1 Å². The molecule has 3 N–H and O–H groups in total. The predicted octanol–water partition coefficient (Wildman–Crippen LogP) is 3.42. The molecule has 2 aromatic carbocycles. The highest BCUT2D eigenvalue weighted by Crippen LogP contribution is 2.28. The third-order valence-electron chi connectivity index (χ3n) is 2.71. The van der Waals surface area contributed by atoms with Crippen LogP contribution >= 0.6 is 15.9 Å². The molecule has 2 rings (SSSR count). The quantitative estimate of drug-likeness (QED) is 0.806. The van der Waals surface area contributed by atoms with Crippen LogP contribution in [0.4, 0.5) is 20.2 Å². The number of anilines is 2. The van der Waals surface area contributed by atoms with E-state index in [-0.39, 0.29) is 16.9 Å². The highest BCUT2D eigenvalue weighted by Gasteiger charge is 2.22. The van der Waals surface area contributed by atoms with Crippen molar-refractivity contribution in [2.24, 2.45) is 0 Å². The van der Waals surface area contributed by atoms with Crippen LogP contribution in [-0.2, 0) is 10.0 Å². The summed E-state index contributed by atoms with van der Waals surface area (Å²) in [6.45, 7) is 1.41. The maximum atomic E-state index is 14.0. The van der Waals surface area contributed by atoms with Crippen LogP contribution in [0.5, 0.6) is 0 Å². The number of nitrogens with one attached hydrogen (secondary N) is 1. The van der Waals surface area contributed by atoms with Gasteiger partial charge in [0.2, 0.25) is 0 Å². The largest absolute Gasteiger partial charge is 0.399 e. The molecule has 8 heteroatoms. The highest BCUT2D eigenvalue weighted by molar-refractivity contribution is 9.10. The molecule has 0 fully saturated rings. The van der Waals surface area contributed by atoms with Gasteiger partial charge in [0.05, 0.1) is 5.69 Å². The van der Waals surface area contributed by atoms with Crippen molar-refractivity contribution in [3.8, 4) is 0 Å². The SMILES string of the molecule is Cc1cc(N)cc(S(=O)(=O)Nc2cc(F)ccc2Br)c1F. The molecule has 0 aliphatic rings. The molecule has 0 amide bonds. The zero-order valence-electron chi connectivity index (χ0n) is 10.8. The topological polar surface area (TPSA) is 72.2 Å². The second-order valence-corrected chi connectivity index (χ2v) is 6.88. The van der Waals surface area contributed by atoms with Gasteiger partial charge in [-0.15, -0.1) is 0 Å². The van der Waals surface area contributed by atoms with Crippen molar-refractivity contribution >= 4 is 37.3 Å². The molecule has 21 heavy (non-hydrogen) atoms. The van der Waals surface area contributed by atoms with E-state index in [1.807, 2.05) is 0 Å². The van der Waals surface area contributed by atoms with Crippen molar-refractivity contribution in [1.29, 1.82) is 0 Å². The van der Waals surface area contributed by atoms with Gasteiger partial charge in [0, 0.05) is 10.2 Å². The Hall–Kier alpha value is -1.67. The van der Waals surface area contributed by atoms with E-state index >= 15 is 0 Å². The average Bonchev–Trinajstić information content (AvgIpc) is 2.37. The van der Waals surface area contributed by atoms with Crippen LogP contribution in [0.15, 0.2) is 39.7 Å². The number of nitrogens with two attached hydrogens (primary N) is 1. The summed E-state index contributed by atoms with van der Waals surface area (Å²) in [4.78, 5) is -0.587. The fourth-order valence-corrected chi connectivity index (χ4v) is 3.47. The van der Waals surface area contributed by atoms with Crippen molar-refractivity contribution in [2.75, 3.05) is 10.5 Å². The Morgan fingerprint density at radius 3 is 2.52 bits per heavy atom. The first-order valence-corrected chi connectivity index (χ1v) is 8.02. The predicted molar refractivity (Wildman–Crippen MR) is 80.5 cm³/mol. The lowest BCUT2D eigenvalue weighted by Gasteiger charge is -2.12. The minimum atomic E-state index is -4.23. The molecule has 0 bridgehead atoms. The summed E-state index contributed by atoms with van der Waals surface area (Å²) in [5, 5.41) is 0. The smallest absolute Gasteiger partial charge is 0.264 e. The minimum absolute atomic E-state index is 0.0329. The van der Waals surface area contributed by atoms with Gasteiger partial charge < -0.3 is 5.73 Å².